The minimum atomic E-state index is -3.62. The van der Waals surface area contributed by atoms with Gasteiger partial charge in [-0.2, -0.15) is 0 Å². The first-order chi connectivity index (χ1) is 7.96. The van der Waals surface area contributed by atoms with Crippen molar-refractivity contribution in [3.63, 3.8) is 0 Å². The molecule has 1 aromatic carbocycles. The van der Waals surface area contributed by atoms with Crippen LogP contribution in [0.15, 0.2) is 17.0 Å². The highest BCUT2D eigenvalue weighted by Gasteiger charge is 2.21. The average Bonchev–Trinajstić information content (AvgIpc) is 2.27. The number of hydrogen-bond acceptors (Lipinski definition) is 4. The summed E-state index contributed by atoms with van der Waals surface area (Å²) in [6.07, 6.45) is 0. The van der Waals surface area contributed by atoms with Crippen LogP contribution in [0.25, 0.3) is 0 Å². The Hall–Kier alpha value is -0.820. The van der Waals surface area contributed by atoms with E-state index in [0.29, 0.717) is 10.6 Å². The quantitative estimate of drug-likeness (QED) is 0.845. The summed E-state index contributed by atoms with van der Waals surface area (Å²) in [5, 5.41) is 0.308. The Morgan fingerprint density at radius 1 is 1.47 bits per heavy atom. The maximum absolute atomic E-state index is 11.9. The lowest BCUT2D eigenvalue weighted by atomic mass is 10.2. The molecule has 0 aliphatic rings. The molecule has 7 heteroatoms. The summed E-state index contributed by atoms with van der Waals surface area (Å²) in [6, 6.07) is 2.93. The summed E-state index contributed by atoms with van der Waals surface area (Å²) in [5.41, 5.74) is 6.08. The molecule has 5 nitrogen and oxygen atoms in total. The second-order valence-electron chi connectivity index (χ2n) is 3.30. The van der Waals surface area contributed by atoms with Gasteiger partial charge in [-0.3, -0.25) is 0 Å². The van der Waals surface area contributed by atoms with Crippen molar-refractivity contribution < 1.29 is 13.2 Å². The monoisotopic (exact) mass is 278 g/mol. The summed E-state index contributed by atoms with van der Waals surface area (Å²) < 4.78 is 31.4. The standard InChI is InChI=1S/C10H15ClN2O3S/c1-3-13-17(14,15)9-5-8(11)4-7(6-12)10(9)16-2/h4-5,13H,3,6,12H2,1-2H3. The van der Waals surface area contributed by atoms with E-state index in [1.54, 1.807) is 13.0 Å². The Balaban J connectivity index is 3.46. The Morgan fingerprint density at radius 2 is 2.12 bits per heavy atom. The summed E-state index contributed by atoms with van der Waals surface area (Å²) in [4.78, 5) is 0.00907. The first kappa shape index (κ1) is 14.2. The lowest BCUT2D eigenvalue weighted by Gasteiger charge is -2.13. The van der Waals surface area contributed by atoms with Gasteiger partial charge in [0.2, 0.25) is 10.0 Å². The van der Waals surface area contributed by atoms with Gasteiger partial charge < -0.3 is 10.5 Å². The lowest BCUT2D eigenvalue weighted by molar-refractivity contribution is 0.397. The highest BCUT2D eigenvalue weighted by atomic mass is 35.5. The van der Waals surface area contributed by atoms with Crippen LogP contribution in [0.4, 0.5) is 0 Å². The number of hydrogen-bond donors (Lipinski definition) is 2. The maximum Gasteiger partial charge on any atom is 0.244 e. The van der Waals surface area contributed by atoms with Crippen LogP contribution in [0, 0.1) is 0 Å². The Morgan fingerprint density at radius 3 is 2.59 bits per heavy atom. The van der Waals surface area contributed by atoms with Gasteiger partial charge in [-0.25, -0.2) is 13.1 Å². The van der Waals surface area contributed by atoms with E-state index in [1.165, 1.54) is 13.2 Å². The highest BCUT2D eigenvalue weighted by molar-refractivity contribution is 7.89. The van der Waals surface area contributed by atoms with Gasteiger partial charge in [0, 0.05) is 23.7 Å². The van der Waals surface area contributed by atoms with Crippen molar-refractivity contribution in [3.8, 4) is 5.75 Å². The van der Waals surface area contributed by atoms with Crippen LogP contribution in [0.1, 0.15) is 12.5 Å². The molecule has 0 aliphatic heterocycles. The molecule has 96 valence electrons. The van der Waals surface area contributed by atoms with Crippen molar-refractivity contribution in [1.29, 1.82) is 0 Å². The Labute approximate surface area is 106 Å². The largest absolute Gasteiger partial charge is 0.495 e. The minimum absolute atomic E-state index is 0.00907. The van der Waals surface area contributed by atoms with Crippen LogP contribution < -0.4 is 15.2 Å². The molecule has 3 N–H and O–H groups in total. The minimum Gasteiger partial charge on any atom is -0.495 e. The number of methoxy groups -OCH3 is 1. The van der Waals surface area contributed by atoms with E-state index in [-0.39, 0.29) is 23.7 Å². The highest BCUT2D eigenvalue weighted by Crippen LogP contribution is 2.31. The number of nitrogens with two attached hydrogens (primary N) is 1. The Bertz CT molecular complexity index is 503. The molecule has 0 radical (unpaired) electrons. The number of ether oxygens (including phenoxy) is 1. The molecule has 0 atom stereocenters. The number of nitrogens with one attached hydrogen (secondary N) is 1. The van der Waals surface area contributed by atoms with Gasteiger partial charge in [0.05, 0.1) is 7.11 Å². The first-order valence-corrected chi connectivity index (χ1v) is 6.88. The zero-order chi connectivity index (χ0) is 13.1. The van der Waals surface area contributed by atoms with Gasteiger partial charge in [0.1, 0.15) is 10.6 Å². The molecule has 0 spiro atoms. The second kappa shape index (κ2) is 5.68. The van der Waals surface area contributed by atoms with Crippen molar-refractivity contribution in [3.05, 3.63) is 22.7 Å². The van der Waals surface area contributed by atoms with E-state index >= 15 is 0 Å². The van der Waals surface area contributed by atoms with Gasteiger partial charge in [-0.1, -0.05) is 18.5 Å². The van der Waals surface area contributed by atoms with E-state index in [4.69, 9.17) is 22.1 Å². The molecule has 0 saturated carbocycles. The molecule has 1 rings (SSSR count). The van der Waals surface area contributed by atoms with Crippen molar-refractivity contribution in [1.82, 2.24) is 4.72 Å². The third kappa shape index (κ3) is 3.10. The van der Waals surface area contributed by atoms with Gasteiger partial charge in [-0.15, -0.1) is 0 Å². The first-order valence-electron chi connectivity index (χ1n) is 5.02. The maximum atomic E-state index is 11.9. The van der Waals surface area contributed by atoms with E-state index in [2.05, 4.69) is 4.72 Å². The predicted octanol–water partition coefficient (Wildman–Crippen LogP) is 1.11. The van der Waals surface area contributed by atoms with Crippen molar-refractivity contribution >= 4 is 21.6 Å². The van der Waals surface area contributed by atoms with Crippen molar-refractivity contribution in [2.45, 2.75) is 18.4 Å². The number of rotatable bonds is 5. The van der Waals surface area contributed by atoms with Crippen molar-refractivity contribution in [2.24, 2.45) is 5.73 Å². The average molecular weight is 279 g/mol. The topological polar surface area (TPSA) is 81.4 Å². The number of halogens is 1. The Kier molecular flexibility index (Phi) is 4.76. The molecule has 17 heavy (non-hydrogen) atoms. The molecule has 0 aromatic heterocycles. The molecular weight excluding hydrogens is 264 g/mol. The zero-order valence-corrected chi connectivity index (χ0v) is 11.2. The van der Waals surface area contributed by atoms with E-state index in [9.17, 15) is 8.42 Å². The fourth-order valence-electron chi connectivity index (χ4n) is 1.47. The van der Waals surface area contributed by atoms with Gasteiger partial charge in [0.15, 0.2) is 0 Å². The summed E-state index contributed by atoms with van der Waals surface area (Å²) in [6.45, 7) is 2.13. The van der Waals surface area contributed by atoms with E-state index < -0.39 is 10.0 Å². The molecule has 0 heterocycles. The van der Waals surface area contributed by atoms with Crippen LogP contribution in [-0.2, 0) is 16.6 Å². The molecule has 0 bridgehead atoms. The number of sulfonamides is 1. The molecule has 1 aromatic rings. The van der Waals surface area contributed by atoms with Crippen LogP contribution in [0.2, 0.25) is 5.02 Å². The van der Waals surface area contributed by atoms with Crippen LogP contribution >= 0.6 is 11.6 Å². The van der Waals surface area contributed by atoms with E-state index in [0.717, 1.165) is 0 Å². The molecule has 0 aliphatic carbocycles. The summed E-state index contributed by atoms with van der Waals surface area (Å²) in [7, 11) is -2.23. The van der Waals surface area contributed by atoms with Gasteiger partial charge >= 0.3 is 0 Å². The van der Waals surface area contributed by atoms with Crippen LogP contribution in [0.3, 0.4) is 0 Å². The van der Waals surface area contributed by atoms with Crippen LogP contribution in [0.5, 0.6) is 5.75 Å². The van der Waals surface area contributed by atoms with Crippen LogP contribution in [-0.4, -0.2) is 22.1 Å². The van der Waals surface area contributed by atoms with E-state index in [1.807, 2.05) is 0 Å². The normalized spacial score (nSPS) is 11.5. The fraction of sp³-hybridized carbons (Fsp3) is 0.400. The summed E-state index contributed by atoms with van der Waals surface area (Å²) in [5.74, 6) is 0.234. The third-order valence-corrected chi connectivity index (χ3v) is 3.91. The molecule has 0 fully saturated rings. The third-order valence-electron chi connectivity index (χ3n) is 2.14. The smallest absolute Gasteiger partial charge is 0.244 e. The van der Waals surface area contributed by atoms with Crippen molar-refractivity contribution in [2.75, 3.05) is 13.7 Å². The van der Waals surface area contributed by atoms with Gasteiger partial charge in [-0.05, 0) is 12.1 Å². The fourth-order valence-corrected chi connectivity index (χ4v) is 3.06. The lowest BCUT2D eigenvalue weighted by Crippen LogP contribution is -2.24. The molecular formula is C10H15ClN2O3S. The number of benzene rings is 1. The SMILES string of the molecule is CCNS(=O)(=O)c1cc(Cl)cc(CN)c1OC. The summed E-state index contributed by atoms with van der Waals surface area (Å²) >= 11 is 5.86. The zero-order valence-electron chi connectivity index (χ0n) is 9.66. The predicted molar refractivity (Wildman–Crippen MR) is 66.8 cm³/mol. The molecule has 0 unspecified atom stereocenters. The molecule has 0 amide bonds. The second-order valence-corrected chi connectivity index (χ2v) is 5.47. The van der Waals surface area contributed by atoms with Gasteiger partial charge in [0.25, 0.3) is 0 Å². The molecule has 0 saturated heterocycles.